The fraction of sp³-hybridized carbons (Fsp3) is 0.722. The minimum atomic E-state index is -3.17. The van der Waals surface area contributed by atoms with Crippen LogP contribution in [0.25, 0.3) is 5.52 Å². The SMILES string of the molecule is CCC1(c2nc(F)c3cnc(N)nn23)CCCC1.CS(=O)(=O)N1CCCC(F)C1. The summed E-state index contributed by atoms with van der Waals surface area (Å²) in [7, 11) is -3.17. The third-order valence-corrected chi connectivity index (χ3v) is 7.14. The van der Waals surface area contributed by atoms with Crippen molar-refractivity contribution in [3.63, 3.8) is 0 Å². The van der Waals surface area contributed by atoms with E-state index in [0.717, 1.165) is 38.4 Å². The van der Waals surface area contributed by atoms with Gasteiger partial charge in [-0.15, -0.1) is 5.10 Å². The van der Waals surface area contributed by atoms with Crippen LogP contribution in [-0.2, 0) is 15.4 Å². The third-order valence-electron chi connectivity index (χ3n) is 5.87. The molecule has 0 spiro atoms. The fourth-order valence-corrected chi connectivity index (χ4v) is 5.08. The van der Waals surface area contributed by atoms with Crippen molar-refractivity contribution >= 4 is 21.5 Å². The number of piperidine rings is 1. The molecule has 1 saturated carbocycles. The Hall–Kier alpha value is -1.88. The van der Waals surface area contributed by atoms with Gasteiger partial charge in [0.2, 0.25) is 21.9 Å². The molecule has 2 fully saturated rings. The minimum Gasteiger partial charge on any atom is -0.367 e. The van der Waals surface area contributed by atoms with Crippen LogP contribution in [0, 0.1) is 5.95 Å². The highest BCUT2D eigenvalue weighted by atomic mass is 32.2. The number of aromatic nitrogens is 4. The van der Waals surface area contributed by atoms with Gasteiger partial charge in [-0.25, -0.2) is 27.3 Å². The van der Waals surface area contributed by atoms with Gasteiger partial charge in [-0.3, -0.25) is 0 Å². The summed E-state index contributed by atoms with van der Waals surface area (Å²) >= 11 is 0. The van der Waals surface area contributed by atoms with Gasteiger partial charge in [0.15, 0.2) is 0 Å². The maximum atomic E-state index is 13.8. The molecule has 8 nitrogen and oxygen atoms in total. The van der Waals surface area contributed by atoms with Gasteiger partial charge in [0.25, 0.3) is 0 Å². The van der Waals surface area contributed by atoms with Gasteiger partial charge in [-0.2, -0.15) is 8.70 Å². The predicted molar refractivity (Wildman–Crippen MR) is 106 cm³/mol. The topological polar surface area (TPSA) is 106 Å². The molecule has 29 heavy (non-hydrogen) atoms. The normalized spacial score (nSPS) is 22.4. The van der Waals surface area contributed by atoms with Gasteiger partial charge >= 0.3 is 0 Å². The van der Waals surface area contributed by atoms with Crippen molar-refractivity contribution in [2.45, 2.75) is 63.5 Å². The van der Waals surface area contributed by atoms with Gasteiger partial charge in [-0.1, -0.05) is 19.8 Å². The molecule has 3 heterocycles. The first-order valence-corrected chi connectivity index (χ1v) is 11.8. The van der Waals surface area contributed by atoms with Crippen molar-refractivity contribution in [2.75, 3.05) is 25.1 Å². The molecule has 4 rings (SSSR count). The van der Waals surface area contributed by atoms with E-state index in [1.807, 2.05) is 0 Å². The van der Waals surface area contributed by atoms with Gasteiger partial charge in [0, 0.05) is 18.5 Å². The van der Waals surface area contributed by atoms with E-state index in [9.17, 15) is 17.2 Å². The molecule has 2 N–H and O–H groups in total. The summed E-state index contributed by atoms with van der Waals surface area (Å²) < 4.78 is 51.0. The average molecular weight is 431 g/mol. The summed E-state index contributed by atoms with van der Waals surface area (Å²) in [6.07, 6.45) is 7.99. The molecule has 162 valence electrons. The number of hydrogen-bond acceptors (Lipinski definition) is 6. The second kappa shape index (κ2) is 8.47. The number of halogens is 2. The van der Waals surface area contributed by atoms with Gasteiger partial charge in [-0.05, 0) is 32.1 Å². The van der Waals surface area contributed by atoms with Crippen LogP contribution in [-0.4, -0.2) is 57.8 Å². The second-order valence-corrected chi connectivity index (χ2v) is 9.82. The van der Waals surface area contributed by atoms with Crippen LogP contribution in [0.5, 0.6) is 0 Å². The van der Waals surface area contributed by atoms with E-state index >= 15 is 0 Å². The first-order valence-electron chi connectivity index (χ1n) is 9.93. The molecule has 11 heteroatoms. The number of fused-ring (bicyclic) bond motifs is 1. The highest BCUT2D eigenvalue weighted by Gasteiger charge is 2.39. The minimum absolute atomic E-state index is 0.0405. The van der Waals surface area contributed by atoms with E-state index in [0.29, 0.717) is 30.7 Å². The Morgan fingerprint density at radius 1 is 1.31 bits per heavy atom. The van der Waals surface area contributed by atoms with Crippen LogP contribution < -0.4 is 5.73 Å². The molecule has 0 radical (unpaired) electrons. The Bertz CT molecular complexity index is 959. The summed E-state index contributed by atoms with van der Waals surface area (Å²) in [5.41, 5.74) is 5.84. The number of imidazole rings is 1. The first kappa shape index (κ1) is 21.8. The van der Waals surface area contributed by atoms with E-state index in [1.54, 1.807) is 0 Å². The van der Waals surface area contributed by atoms with Gasteiger partial charge in [0.1, 0.15) is 17.5 Å². The molecule has 1 saturated heterocycles. The standard InChI is InChI=1S/C12H16FN5.C6H12FNO2S/c1-2-12(5-3-4-6-12)10-16-9(13)8-7-15-11(14)17-18(8)10;1-11(9,10)8-4-2-3-6(7)5-8/h7H,2-6H2,1H3,(H2,14,17);6H,2-5H2,1H3. The van der Waals surface area contributed by atoms with Crippen LogP contribution in [0.2, 0.25) is 0 Å². The third kappa shape index (κ3) is 4.66. The molecule has 1 unspecified atom stereocenters. The summed E-state index contributed by atoms with van der Waals surface area (Å²) in [5.74, 6) is 0.333. The van der Waals surface area contributed by atoms with Crippen LogP contribution in [0.3, 0.4) is 0 Å². The van der Waals surface area contributed by atoms with Crippen molar-refractivity contribution in [3.05, 3.63) is 18.0 Å². The Balaban J connectivity index is 0.000000188. The van der Waals surface area contributed by atoms with Gasteiger partial charge in [0.05, 0.1) is 12.5 Å². The molecule has 1 atom stereocenters. The van der Waals surface area contributed by atoms with Crippen molar-refractivity contribution in [1.29, 1.82) is 0 Å². The monoisotopic (exact) mass is 430 g/mol. The lowest BCUT2D eigenvalue weighted by atomic mass is 9.82. The van der Waals surface area contributed by atoms with Crippen molar-refractivity contribution < 1.29 is 17.2 Å². The number of sulfonamides is 1. The fourth-order valence-electron chi connectivity index (χ4n) is 4.19. The van der Waals surface area contributed by atoms with Crippen molar-refractivity contribution in [2.24, 2.45) is 0 Å². The second-order valence-electron chi connectivity index (χ2n) is 7.84. The Labute approximate surface area is 169 Å². The molecular formula is C18H28F2N6O2S. The van der Waals surface area contributed by atoms with Gasteiger partial charge < -0.3 is 5.73 Å². The highest BCUT2D eigenvalue weighted by molar-refractivity contribution is 7.88. The van der Waals surface area contributed by atoms with Crippen LogP contribution in [0.4, 0.5) is 14.7 Å². The zero-order valence-electron chi connectivity index (χ0n) is 16.8. The molecule has 0 bridgehead atoms. The van der Waals surface area contributed by atoms with Crippen LogP contribution >= 0.6 is 0 Å². The Morgan fingerprint density at radius 2 is 2.00 bits per heavy atom. The highest BCUT2D eigenvalue weighted by Crippen LogP contribution is 2.43. The Kier molecular flexibility index (Phi) is 6.37. The molecule has 0 amide bonds. The van der Waals surface area contributed by atoms with E-state index in [1.165, 1.54) is 15.0 Å². The van der Waals surface area contributed by atoms with E-state index in [4.69, 9.17) is 5.73 Å². The van der Waals surface area contributed by atoms with E-state index in [2.05, 4.69) is 22.0 Å². The number of nitrogens with zero attached hydrogens (tertiary/aromatic N) is 5. The summed E-state index contributed by atoms with van der Waals surface area (Å²) in [6, 6.07) is 0. The summed E-state index contributed by atoms with van der Waals surface area (Å²) in [5, 5.41) is 4.11. The lowest BCUT2D eigenvalue weighted by molar-refractivity contribution is 0.203. The number of hydrogen-bond donors (Lipinski definition) is 1. The number of nitrogen functional groups attached to an aromatic ring is 1. The zero-order chi connectivity index (χ0) is 21.2. The molecule has 2 aliphatic rings. The molecule has 1 aliphatic heterocycles. The molecule has 0 aromatic carbocycles. The van der Waals surface area contributed by atoms with E-state index in [-0.39, 0.29) is 17.9 Å². The quantitative estimate of drug-likeness (QED) is 0.802. The first-order chi connectivity index (χ1) is 13.7. The maximum absolute atomic E-state index is 13.8. The Morgan fingerprint density at radius 3 is 2.55 bits per heavy atom. The molecular weight excluding hydrogens is 402 g/mol. The summed E-state index contributed by atoms with van der Waals surface area (Å²) in [4.78, 5) is 7.92. The number of alkyl halides is 1. The van der Waals surface area contributed by atoms with Crippen molar-refractivity contribution in [3.8, 4) is 0 Å². The molecule has 1 aliphatic carbocycles. The van der Waals surface area contributed by atoms with Crippen LogP contribution in [0.15, 0.2) is 6.20 Å². The van der Waals surface area contributed by atoms with E-state index < -0.39 is 22.1 Å². The molecule has 2 aromatic heterocycles. The predicted octanol–water partition coefficient (Wildman–Crippen LogP) is 2.45. The number of anilines is 1. The lowest BCUT2D eigenvalue weighted by Gasteiger charge is -2.26. The largest absolute Gasteiger partial charge is 0.367 e. The van der Waals surface area contributed by atoms with Crippen molar-refractivity contribution in [1.82, 2.24) is 23.9 Å². The number of rotatable bonds is 3. The zero-order valence-corrected chi connectivity index (χ0v) is 17.6. The lowest BCUT2D eigenvalue weighted by Crippen LogP contribution is -2.39. The van der Waals surface area contributed by atoms with Crippen LogP contribution in [0.1, 0.15) is 57.7 Å². The molecule has 2 aromatic rings. The smallest absolute Gasteiger partial charge is 0.242 e. The maximum Gasteiger partial charge on any atom is 0.242 e. The number of nitrogens with two attached hydrogens (primary N) is 1. The summed E-state index contributed by atoms with van der Waals surface area (Å²) in [6.45, 7) is 2.63. The average Bonchev–Trinajstić information content (AvgIpc) is 3.27.